The van der Waals surface area contributed by atoms with Crippen molar-refractivity contribution in [1.82, 2.24) is 10.2 Å². The summed E-state index contributed by atoms with van der Waals surface area (Å²) in [6, 6.07) is 4.60. The monoisotopic (exact) mass is 277 g/mol. The topological polar surface area (TPSA) is 95.7 Å². The molecule has 1 aliphatic rings. The molecule has 108 valence electrons. The number of carbonyl (C=O) groups is 2. The zero-order chi connectivity index (χ0) is 14.5. The minimum atomic E-state index is -0.427. The number of anilines is 1. The zero-order valence-electron chi connectivity index (χ0n) is 11.3. The summed E-state index contributed by atoms with van der Waals surface area (Å²) >= 11 is 0. The van der Waals surface area contributed by atoms with Gasteiger partial charge in [-0.15, -0.1) is 0 Å². The van der Waals surface area contributed by atoms with Crippen LogP contribution in [0.3, 0.4) is 0 Å². The third kappa shape index (κ3) is 3.20. The Balaban J connectivity index is 1.83. The highest BCUT2D eigenvalue weighted by Gasteiger charge is 2.18. The summed E-state index contributed by atoms with van der Waals surface area (Å²) in [4.78, 5) is 25.5. The normalized spacial score (nSPS) is 14.3. The fraction of sp³-hybridized carbons (Fsp3) is 0.429. The Morgan fingerprint density at radius 3 is 2.70 bits per heavy atom. The number of nitrogen functional groups attached to an aromatic ring is 1. The molecule has 1 aromatic rings. The van der Waals surface area contributed by atoms with Crippen LogP contribution in [-0.2, 0) is 4.79 Å². The molecule has 2 rings (SSSR count). The second-order valence-electron chi connectivity index (χ2n) is 4.84. The zero-order valence-corrected chi connectivity index (χ0v) is 11.3. The Morgan fingerprint density at radius 2 is 2.00 bits per heavy atom. The van der Waals surface area contributed by atoms with Gasteiger partial charge in [0, 0.05) is 26.1 Å². The smallest absolute Gasteiger partial charge is 0.255 e. The minimum absolute atomic E-state index is 0.0552. The predicted molar refractivity (Wildman–Crippen MR) is 75.3 cm³/mol. The van der Waals surface area contributed by atoms with Crippen molar-refractivity contribution in [3.63, 3.8) is 0 Å². The Labute approximate surface area is 117 Å². The molecule has 0 saturated carbocycles. The molecule has 0 aliphatic carbocycles. The minimum Gasteiger partial charge on any atom is -0.505 e. The molecule has 0 aromatic heterocycles. The first-order chi connectivity index (χ1) is 9.59. The Kier molecular flexibility index (Phi) is 4.45. The van der Waals surface area contributed by atoms with Crippen LogP contribution in [0.5, 0.6) is 5.75 Å². The lowest BCUT2D eigenvalue weighted by Gasteiger charge is -2.15. The van der Waals surface area contributed by atoms with E-state index in [0.29, 0.717) is 0 Å². The number of nitrogens with two attached hydrogens (primary N) is 1. The maximum Gasteiger partial charge on any atom is 0.255 e. The van der Waals surface area contributed by atoms with Crippen molar-refractivity contribution in [3.05, 3.63) is 23.8 Å². The van der Waals surface area contributed by atoms with Crippen LogP contribution in [0.4, 0.5) is 5.69 Å². The number of nitrogens with zero attached hydrogens (tertiary/aromatic N) is 1. The van der Waals surface area contributed by atoms with Gasteiger partial charge in [0.05, 0.1) is 11.3 Å². The van der Waals surface area contributed by atoms with E-state index in [9.17, 15) is 14.7 Å². The van der Waals surface area contributed by atoms with Gasteiger partial charge in [0.15, 0.2) is 5.75 Å². The van der Waals surface area contributed by atoms with E-state index < -0.39 is 5.91 Å². The molecule has 6 nitrogen and oxygen atoms in total. The molecule has 0 spiro atoms. The standard InChI is InChI=1S/C14H19N3O3/c15-11-5-3-4-10(13(11)19)14(20)16-7-6-12(18)17-8-1-2-9-17/h3-5,19H,1-2,6-9,15H2,(H,16,20). The molecule has 1 heterocycles. The third-order valence-corrected chi connectivity index (χ3v) is 3.40. The van der Waals surface area contributed by atoms with E-state index in [1.807, 2.05) is 4.90 Å². The van der Waals surface area contributed by atoms with Gasteiger partial charge in [-0.3, -0.25) is 9.59 Å². The van der Waals surface area contributed by atoms with Crippen LogP contribution >= 0.6 is 0 Å². The summed E-state index contributed by atoms with van der Waals surface area (Å²) in [5, 5.41) is 12.3. The maximum absolute atomic E-state index is 11.9. The number of benzene rings is 1. The van der Waals surface area contributed by atoms with Crippen LogP contribution in [0.1, 0.15) is 29.6 Å². The van der Waals surface area contributed by atoms with Gasteiger partial charge < -0.3 is 21.1 Å². The van der Waals surface area contributed by atoms with E-state index in [-0.39, 0.29) is 35.9 Å². The number of carbonyl (C=O) groups excluding carboxylic acids is 2. The Bertz CT molecular complexity index is 510. The average Bonchev–Trinajstić information content (AvgIpc) is 2.95. The lowest BCUT2D eigenvalue weighted by atomic mass is 10.1. The lowest BCUT2D eigenvalue weighted by Crippen LogP contribution is -2.32. The van der Waals surface area contributed by atoms with Gasteiger partial charge in [-0.2, -0.15) is 0 Å². The van der Waals surface area contributed by atoms with E-state index in [0.717, 1.165) is 25.9 Å². The number of phenols is 1. The van der Waals surface area contributed by atoms with Crippen LogP contribution in [-0.4, -0.2) is 41.5 Å². The number of phenolic OH excluding ortho intramolecular Hbond substituents is 1. The van der Waals surface area contributed by atoms with Crippen molar-refractivity contribution < 1.29 is 14.7 Å². The quantitative estimate of drug-likeness (QED) is 0.558. The number of rotatable bonds is 4. The first-order valence-corrected chi connectivity index (χ1v) is 6.73. The summed E-state index contributed by atoms with van der Waals surface area (Å²) in [6.07, 6.45) is 2.37. The molecule has 1 saturated heterocycles. The fourth-order valence-electron chi connectivity index (χ4n) is 2.25. The molecule has 2 amide bonds. The highest BCUT2D eigenvalue weighted by Crippen LogP contribution is 2.24. The lowest BCUT2D eigenvalue weighted by molar-refractivity contribution is -0.129. The highest BCUT2D eigenvalue weighted by molar-refractivity contribution is 5.98. The van der Waals surface area contributed by atoms with E-state index >= 15 is 0 Å². The molecule has 0 atom stereocenters. The molecule has 20 heavy (non-hydrogen) atoms. The van der Waals surface area contributed by atoms with Gasteiger partial charge in [-0.05, 0) is 25.0 Å². The van der Waals surface area contributed by atoms with Crippen molar-refractivity contribution in [1.29, 1.82) is 0 Å². The number of aromatic hydroxyl groups is 1. The Hall–Kier alpha value is -2.24. The molecule has 0 radical (unpaired) electrons. The maximum atomic E-state index is 11.9. The molecule has 0 unspecified atom stereocenters. The van der Waals surface area contributed by atoms with Crippen LogP contribution in [0, 0.1) is 0 Å². The van der Waals surface area contributed by atoms with Gasteiger partial charge in [-0.25, -0.2) is 0 Å². The predicted octanol–water partition coefficient (Wildman–Crippen LogP) is 0.717. The SMILES string of the molecule is Nc1cccc(C(=O)NCCC(=O)N2CCCC2)c1O. The molecule has 1 fully saturated rings. The van der Waals surface area contributed by atoms with Crippen LogP contribution in [0.2, 0.25) is 0 Å². The third-order valence-electron chi connectivity index (χ3n) is 3.40. The fourth-order valence-corrected chi connectivity index (χ4v) is 2.25. The number of hydrogen-bond donors (Lipinski definition) is 3. The van der Waals surface area contributed by atoms with Gasteiger partial charge in [-0.1, -0.05) is 6.07 Å². The van der Waals surface area contributed by atoms with E-state index in [2.05, 4.69) is 5.32 Å². The molecular formula is C14H19N3O3. The van der Waals surface area contributed by atoms with Crippen molar-refractivity contribution in [2.24, 2.45) is 0 Å². The first-order valence-electron chi connectivity index (χ1n) is 6.73. The van der Waals surface area contributed by atoms with Gasteiger partial charge in [0.25, 0.3) is 5.91 Å². The highest BCUT2D eigenvalue weighted by atomic mass is 16.3. The largest absolute Gasteiger partial charge is 0.505 e. The van der Waals surface area contributed by atoms with E-state index in [1.54, 1.807) is 6.07 Å². The number of nitrogens with one attached hydrogen (secondary N) is 1. The van der Waals surface area contributed by atoms with Crippen LogP contribution in [0.25, 0.3) is 0 Å². The molecule has 6 heteroatoms. The number of likely N-dealkylation sites (tertiary alicyclic amines) is 1. The van der Waals surface area contributed by atoms with Gasteiger partial charge in [0.1, 0.15) is 0 Å². The van der Waals surface area contributed by atoms with Crippen molar-refractivity contribution >= 4 is 17.5 Å². The van der Waals surface area contributed by atoms with Crippen molar-refractivity contribution in [2.75, 3.05) is 25.4 Å². The number of hydrogen-bond acceptors (Lipinski definition) is 4. The Morgan fingerprint density at radius 1 is 1.30 bits per heavy atom. The average molecular weight is 277 g/mol. The summed E-state index contributed by atoms with van der Waals surface area (Å²) in [6.45, 7) is 1.87. The molecule has 0 bridgehead atoms. The van der Waals surface area contributed by atoms with Gasteiger partial charge >= 0.3 is 0 Å². The van der Waals surface area contributed by atoms with Crippen LogP contribution < -0.4 is 11.1 Å². The number of amides is 2. The van der Waals surface area contributed by atoms with Crippen molar-refractivity contribution in [2.45, 2.75) is 19.3 Å². The van der Waals surface area contributed by atoms with E-state index in [1.165, 1.54) is 12.1 Å². The molecule has 1 aliphatic heterocycles. The molecule has 4 N–H and O–H groups in total. The molecule has 1 aromatic carbocycles. The second kappa shape index (κ2) is 6.27. The summed E-state index contributed by atoms with van der Waals surface area (Å²) < 4.78 is 0. The van der Waals surface area contributed by atoms with Crippen molar-refractivity contribution in [3.8, 4) is 5.75 Å². The second-order valence-corrected chi connectivity index (χ2v) is 4.84. The summed E-state index contributed by atoms with van der Waals surface area (Å²) in [5.41, 5.74) is 5.81. The van der Waals surface area contributed by atoms with Crippen LogP contribution in [0.15, 0.2) is 18.2 Å². The number of para-hydroxylation sites is 1. The van der Waals surface area contributed by atoms with Gasteiger partial charge in [0.2, 0.25) is 5.91 Å². The first kappa shape index (κ1) is 14.2. The molecular weight excluding hydrogens is 258 g/mol. The summed E-state index contributed by atoms with van der Waals surface area (Å²) in [5.74, 6) is -0.598. The van der Waals surface area contributed by atoms with E-state index in [4.69, 9.17) is 5.73 Å². The summed E-state index contributed by atoms with van der Waals surface area (Å²) in [7, 11) is 0.